The highest BCUT2D eigenvalue weighted by molar-refractivity contribution is 6.30. The lowest BCUT2D eigenvalue weighted by Gasteiger charge is -2.27. The van der Waals surface area contributed by atoms with Gasteiger partial charge in [0.15, 0.2) is 0 Å². The molecule has 100 valence electrons. The Morgan fingerprint density at radius 2 is 2.22 bits per heavy atom. The lowest BCUT2D eigenvalue weighted by atomic mass is 9.92. The molecule has 0 aliphatic carbocycles. The molecule has 1 N–H and O–H groups in total. The van der Waals surface area contributed by atoms with Crippen molar-refractivity contribution in [2.75, 3.05) is 13.1 Å². The minimum absolute atomic E-state index is 0.112. The summed E-state index contributed by atoms with van der Waals surface area (Å²) < 4.78 is 19.3. The summed E-state index contributed by atoms with van der Waals surface area (Å²) in [5.74, 6) is 1.01. The molecule has 0 saturated carbocycles. The molecule has 2 rings (SSSR count). The first-order valence-electron chi connectivity index (χ1n) is 6.40. The highest BCUT2D eigenvalue weighted by atomic mass is 35.5. The van der Waals surface area contributed by atoms with Gasteiger partial charge >= 0.3 is 0 Å². The number of ether oxygens (including phenoxy) is 1. The molecule has 1 aromatic carbocycles. The molecule has 0 spiro atoms. The minimum atomic E-state index is -0.429. The summed E-state index contributed by atoms with van der Waals surface area (Å²) in [7, 11) is 0. The number of rotatable bonds is 4. The maximum atomic E-state index is 13.4. The van der Waals surface area contributed by atoms with Crippen LogP contribution in [0.25, 0.3) is 0 Å². The van der Waals surface area contributed by atoms with Crippen LogP contribution in [0.15, 0.2) is 18.2 Å². The number of hydrogen-bond donors (Lipinski definition) is 1. The second-order valence-electron chi connectivity index (χ2n) is 5.16. The standard InChI is InChI=1S/C14H19ClFNO/c1-9(2)14(10-5-6-17-8-10)18-11-3-4-12(15)13(16)7-11/h3-4,7,9-10,14,17H,5-6,8H2,1-2H3/t10-,14-/m0/s1. The van der Waals surface area contributed by atoms with Gasteiger partial charge in [-0.25, -0.2) is 4.39 Å². The molecule has 0 bridgehead atoms. The summed E-state index contributed by atoms with van der Waals surface area (Å²) in [6.07, 6.45) is 1.22. The Kier molecular flexibility index (Phi) is 4.46. The van der Waals surface area contributed by atoms with Crippen LogP contribution in [0.3, 0.4) is 0 Å². The van der Waals surface area contributed by atoms with Gasteiger partial charge in [0.25, 0.3) is 0 Å². The first-order valence-corrected chi connectivity index (χ1v) is 6.78. The molecule has 0 aromatic heterocycles. The quantitative estimate of drug-likeness (QED) is 0.905. The molecule has 2 nitrogen and oxygen atoms in total. The van der Waals surface area contributed by atoms with E-state index >= 15 is 0 Å². The fraction of sp³-hybridized carbons (Fsp3) is 0.571. The Hall–Kier alpha value is -0.800. The van der Waals surface area contributed by atoms with E-state index in [4.69, 9.17) is 16.3 Å². The minimum Gasteiger partial charge on any atom is -0.490 e. The lowest BCUT2D eigenvalue weighted by Crippen LogP contribution is -2.33. The summed E-state index contributed by atoms with van der Waals surface area (Å²) >= 11 is 5.67. The van der Waals surface area contributed by atoms with Gasteiger partial charge < -0.3 is 10.1 Å². The topological polar surface area (TPSA) is 21.3 Å². The highest BCUT2D eigenvalue weighted by Crippen LogP contribution is 2.27. The zero-order valence-corrected chi connectivity index (χ0v) is 11.5. The molecule has 18 heavy (non-hydrogen) atoms. The molecule has 4 heteroatoms. The molecule has 1 aromatic rings. The Balaban J connectivity index is 2.10. The Morgan fingerprint density at radius 3 is 2.78 bits per heavy atom. The summed E-state index contributed by atoms with van der Waals surface area (Å²) in [5, 5.41) is 3.47. The highest BCUT2D eigenvalue weighted by Gasteiger charge is 2.29. The third kappa shape index (κ3) is 3.15. The molecule has 1 saturated heterocycles. The van der Waals surface area contributed by atoms with Gasteiger partial charge in [0.1, 0.15) is 17.7 Å². The fourth-order valence-corrected chi connectivity index (χ4v) is 2.56. The van der Waals surface area contributed by atoms with Crippen molar-refractivity contribution in [3.8, 4) is 5.75 Å². The molecule has 2 atom stereocenters. The van der Waals surface area contributed by atoms with Crippen molar-refractivity contribution in [3.05, 3.63) is 29.0 Å². The van der Waals surface area contributed by atoms with E-state index in [9.17, 15) is 4.39 Å². The van der Waals surface area contributed by atoms with Gasteiger partial charge in [-0.05, 0) is 31.0 Å². The number of halogens is 2. The van der Waals surface area contributed by atoms with Gasteiger partial charge in [0.2, 0.25) is 0 Å². The van der Waals surface area contributed by atoms with Crippen LogP contribution in [0.5, 0.6) is 5.75 Å². The molecule has 1 fully saturated rings. The van der Waals surface area contributed by atoms with Gasteiger partial charge in [0.05, 0.1) is 5.02 Å². The van der Waals surface area contributed by atoms with E-state index in [0.29, 0.717) is 17.6 Å². The number of nitrogens with one attached hydrogen (secondary N) is 1. The summed E-state index contributed by atoms with van der Waals surface area (Å²) in [6, 6.07) is 4.62. The second kappa shape index (κ2) is 5.89. The monoisotopic (exact) mass is 271 g/mol. The zero-order valence-electron chi connectivity index (χ0n) is 10.7. The van der Waals surface area contributed by atoms with Crippen molar-refractivity contribution in [2.24, 2.45) is 11.8 Å². The lowest BCUT2D eigenvalue weighted by molar-refractivity contribution is 0.0970. The van der Waals surface area contributed by atoms with E-state index in [1.54, 1.807) is 6.07 Å². The fourth-order valence-electron chi connectivity index (χ4n) is 2.44. The average Bonchev–Trinajstić information content (AvgIpc) is 2.83. The Morgan fingerprint density at radius 1 is 1.44 bits per heavy atom. The van der Waals surface area contributed by atoms with Crippen LogP contribution in [-0.2, 0) is 0 Å². The molecule has 0 unspecified atom stereocenters. The van der Waals surface area contributed by atoms with E-state index in [1.807, 2.05) is 0 Å². The van der Waals surface area contributed by atoms with Crippen LogP contribution < -0.4 is 10.1 Å². The Bertz CT molecular complexity index is 405. The van der Waals surface area contributed by atoms with E-state index in [-0.39, 0.29) is 11.1 Å². The first kappa shape index (κ1) is 13.6. The average molecular weight is 272 g/mol. The smallest absolute Gasteiger partial charge is 0.145 e. The van der Waals surface area contributed by atoms with Gasteiger partial charge in [-0.15, -0.1) is 0 Å². The second-order valence-corrected chi connectivity index (χ2v) is 5.56. The molecule has 0 amide bonds. The van der Waals surface area contributed by atoms with Crippen molar-refractivity contribution in [1.82, 2.24) is 5.32 Å². The normalized spacial score (nSPS) is 21.3. The van der Waals surface area contributed by atoms with E-state index < -0.39 is 5.82 Å². The maximum absolute atomic E-state index is 13.4. The van der Waals surface area contributed by atoms with Crippen molar-refractivity contribution in [3.63, 3.8) is 0 Å². The predicted molar refractivity (Wildman–Crippen MR) is 71.6 cm³/mol. The molecular formula is C14H19ClFNO. The zero-order chi connectivity index (χ0) is 13.1. The van der Waals surface area contributed by atoms with Gasteiger partial charge in [-0.3, -0.25) is 0 Å². The van der Waals surface area contributed by atoms with Crippen LogP contribution in [0, 0.1) is 17.7 Å². The largest absolute Gasteiger partial charge is 0.490 e. The van der Waals surface area contributed by atoms with E-state index in [0.717, 1.165) is 19.5 Å². The van der Waals surface area contributed by atoms with Crippen molar-refractivity contribution >= 4 is 11.6 Å². The summed E-state index contributed by atoms with van der Waals surface area (Å²) in [4.78, 5) is 0. The Labute approximate surface area is 112 Å². The van der Waals surface area contributed by atoms with Crippen molar-refractivity contribution < 1.29 is 9.13 Å². The van der Waals surface area contributed by atoms with E-state index in [2.05, 4.69) is 19.2 Å². The predicted octanol–water partition coefficient (Wildman–Crippen LogP) is 3.49. The van der Waals surface area contributed by atoms with Crippen LogP contribution in [-0.4, -0.2) is 19.2 Å². The maximum Gasteiger partial charge on any atom is 0.145 e. The summed E-state index contributed by atoms with van der Waals surface area (Å²) in [6.45, 7) is 6.27. The third-order valence-electron chi connectivity index (χ3n) is 3.38. The molecular weight excluding hydrogens is 253 g/mol. The van der Waals surface area contributed by atoms with Crippen LogP contribution in [0.1, 0.15) is 20.3 Å². The number of benzene rings is 1. The first-order chi connectivity index (χ1) is 8.58. The van der Waals surface area contributed by atoms with Gasteiger partial charge in [-0.2, -0.15) is 0 Å². The van der Waals surface area contributed by atoms with Crippen molar-refractivity contribution in [2.45, 2.75) is 26.4 Å². The van der Waals surface area contributed by atoms with Gasteiger partial charge in [-0.1, -0.05) is 25.4 Å². The van der Waals surface area contributed by atoms with Crippen LogP contribution in [0.2, 0.25) is 5.02 Å². The van der Waals surface area contributed by atoms with Crippen LogP contribution >= 0.6 is 11.6 Å². The van der Waals surface area contributed by atoms with Crippen LogP contribution in [0.4, 0.5) is 4.39 Å². The summed E-state index contributed by atoms with van der Waals surface area (Å²) in [5.41, 5.74) is 0. The van der Waals surface area contributed by atoms with Crippen molar-refractivity contribution in [1.29, 1.82) is 0 Å². The SMILES string of the molecule is CC(C)[C@H](Oc1ccc(Cl)c(F)c1)[C@H]1CCNC1. The van der Waals surface area contributed by atoms with Gasteiger partial charge in [0, 0.05) is 18.5 Å². The van der Waals surface area contributed by atoms with E-state index in [1.165, 1.54) is 12.1 Å². The molecule has 0 radical (unpaired) electrons. The molecule has 1 aliphatic rings. The number of hydrogen-bond acceptors (Lipinski definition) is 2. The third-order valence-corrected chi connectivity index (χ3v) is 3.69. The molecule has 1 aliphatic heterocycles. The molecule has 1 heterocycles.